The van der Waals surface area contributed by atoms with E-state index in [2.05, 4.69) is 159 Å². The molecule has 0 amide bonds. The maximum Gasteiger partial charge on any atom is 0.0998 e. The molecule has 0 aliphatic heterocycles. The van der Waals surface area contributed by atoms with Crippen molar-refractivity contribution in [2.75, 3.05) is 0 Å². The first kappa shape index (κ1) is 30.7. The van der Waals surface area contributed by atoms with Gasteiger partial charge in [0.25, 0.3) is 0 Å². The first-order valence-corrected chi connectivity index (χ1v) is 18.3. The molecule has 0 saturated carbocycles. The average molecular weight is 700 g/mol. The Morgan fingerprint density at radius 3 is 1.58 bits per heavy atom. The van der Waals surface area contributed by atoms with Crippen LogP contribution in [0.3, 0.4) is 0 Å². The highest BCUT2D eigenvalue weighted by Crippen LogP contribution is 2.41. The van der Waals surface area contributed by atoms with Crippen molar-refractivity contribution in [2.45, 2.75) is 0 Å². The number of benzene rings is 8. The van der Waals surface area contributed by atoms with Crippen LogP contribution in [0.1, 0.15) is 11.1 Å². The topological polar surface area (TPSA) is 62.4 Å². The molecule has 0 radical (unpaired) electrons. The molecular formula is C50H29N5. The number of nitriles is 2. The molecule has 0 atom stereocenters. The van der Waals surface area contributed by atoms with Crippen molar-refractivity contribution in [1.29, 1.82) is 10.5 Å². The van der Waals surface area contributed by atoms with E-state index >= 15 is 0 Å². The molecule has 55 heavy (non-hydrogen) atoms. The lowest BCUT2D eigenvalue weighted by atomic mass is 9.99. The molecule has 0 unspecified atom stereocenters. The minimum Gasteiger partial charge on any atom is -0.309 e. The third-order valence-electron chi connectivity index (χ3n) is 11.1. The molecule has 0 aliphatic carbocycles. The number of hydrogen-bond acceptors (Lipinski definition) is 2. The zero-order chi connectivity index (χ0) is 36.6. The van der Waals surface area contributed by atoms with Gasteiger partial charge >= 0.3 is 0 Å². The van der Waals surface area contributed by atoms with E-state index in [0.717, 1.165) is 61.0 Å². The number of fused-ring (bicyclic) bond motifs is 9. The molecule has 11 aromatic rings. The number of aromatic nitrogens is 3. The summed E-state index contributed by atoms with van der Waals surface area (Å²) in [6, 6.07) is 65.9. The molecular weight excluding hydrogens is 671 g/mol. The Labute approximate surface area is 316 Å². The Balaban J connectivity index is 1.10. The third kappa shape index (κ3) is 4.45. The maximum atomic E-state index is 10.6. The summed E-state index contributed by atoms with van der Waals surface area (Å²) in [5.41, 5.74) is 12.5. The van der Waals surface area contributed by atoms with Crippen LogP contribution in [0.4, 0.5) is 0 Å². The highest BCUT2D eigenvalue weighted by atomic mass is 15.0. The third-order valence-corrected chi connectivity index (χ3v) is 11.1. The first-order chi connectivity index (χ1) is 27.2. The summed E-state index contributed by atoms with van der Waals surface area (Å²) in [4.78, 5) is 0. The van der Waals surface area contributed by atoms with Crippen molar-refractivity contribution in [2.24, 2.45) is 0 Å². The Hall–Kier alpha value is -7.86. The molecule has 0 N–H and O–H groups in total. The van der Waals surface area contributed by atoms with E-state index < -0.39 is 0 Å². The van der Waals surface area contributed by atoms with Gasteiger partial charge in [0, 0.05) is 43.7 Å². The molecule has 0 fully saturated rings. The van der Waals surface area contributed by atoms with E-state index in [1.807, 2.05) is 42.5 Å². The minimum absolute atomic E-state index is 0.577. The summed E-state index contributed by atoms with van der Waals surface area (Å²) in [7, 11) is 0. The zero-order valence-corrected chi connectivity index (χ0v) is 29.5. The van der Waals surface area contributed by atoms with Gasteiger partial charge in [0.15, 0.2) is 0 Å². The van der Waals surface area contributed by atoms with Crippen LogP contribution in [0.5, 0.6) is 0 Å². The van der Waals surface area contributed by atoms with Gasteiger partial charge in [-0.25, -0.2) is 0 Å². The molecule has 0 bridgehead atoms. The first-order valence-electron chi connectivity index (χ1n) is 18.3. The lowest BCUT2D eigenvalue weighted by Crippen LogP contribution is -1.98. The molecule has 3 heterocycles. The summed E-state index contributed by atoms with van der Waals surface area (Å²) in [6.45, 7) is 0. The Kier molecular flexibility index (Phi) is 6.61. The van der Waals surface area contributed by atoms with Gasteiger partial charge in [0.2, 0.25) is 0 Å². The fourth-order valence-electron chi connectivity index (χ4n) is 8.79. The standard InChI is InChI=1S/C50H29N5/c51-30-32-23-25-41-40-15-1-5-17-43(40)54(49(41)27-32)36-24-26-37(34(29-36)31-52)33-11-9-12-35(28-33)53-46-20-8-4-16-42(46)50-47(53)21-10-22-48(50)55-44-18-6-2-13-38(44)39-14-3-7-19-45(39)55/h1-29H. The van der Waals surface area contributed by atoms with Gasteiger partial charge in [-0.2, -0.15) is 10.5 Å². The second kappa shape index (κ2) is 11.8. The van der Waals surface area contributed by atoms with Crippen LogP contribution < -0.4 is 0 Å². The molecule has 11 rings (SSSR count). The number of nitrogens with zero attached hydrogens (tertiary/aromatic N) is 5. The lowest BCUT2D eigenvalue weighted by molar-refractivity contribution is 1.17. The number of rotatable bonds is 4. The van der Waals surface area contributed by atoms with E-state index in [0.29, 0.717) is 11.1 Å². The second-order valence-electron chi connectivity index (χ2n) is 14.0. The lowest BCUT2D eigenvalue weighted by Gasteiger charge is -2.14. The fraction of sp³-hybridized carbons (Fsp3) is 0. The van der Waals surface area contributed by atoms with E-state index in [4.69, 9.17) is 0 Å². The maximum absolute atomic E-state index is 10.6. The minimum atomic E-state index is 0.577. The fourth-order valence-corrected chi connectivity index (χ4v) is 8.79. The smallest absolute Gasteiger partial charge is 0.0998 e. The Bertz CT molecular complexity index is 3420. The molecule has 5 nitrogen and oxygen atoms in total. The molecule has 8 aromatic carbocycles. The number of para-hydroxylation sites is 4. The summed E-state index contributed by atoms with van der Waals surface area (Å²) >= 11 is 0. The summed E-state index contributed by atoms with van der Waals surface area (Å²) < 4.78 is 6.90. The van der Waals surface area contributed by atoms with Gasteiger partial charge < -0.3 is 13.7 Å². The van der Waals surface area contributed by atoms with Gasteiger partial charge in [-0.15, -0.1) is 0 Å². The van der Waals surface area contributed by atoms with Crippen LogP contribution in [0.25, 0.3) is 93.6 Å². The molecule has 0 spiro atoms. The van der Waals surface area contributed by atoms with E-state index in [-0.39, 0.29) is 0 Å². The monoisotopic (exact) mass is 699 g/mol. The van der Waals surface area contributed by atoms with Gasteiger partial charge in [-0.1, -0.05) is 103 Å². The highest BCUT2D eigenvalue weighted by Gasteiger charge is 2.20. The van der Waals surface area contributed by atoms with Crippen LogP contribution in [-0.2, 0) is 0 Å². The SMILES string of the molecule is N#Cc1ccc2c3ccccc3n(-c3ccc(-c4cccc(-n5c6ccccc6c6c(-n7c8ccccc8c8ccccc87)cccc65)c4)c(C#N)c3)c2c1. The van der Waals surface area contributed by atoms with Crippen molar-refractivity contribution in [3.8, 4) is 40.3 Å². The van der Waals surface area contributed by atoms with Crippen molar-refractivity contribution in [1.82, 2.24) is 13.7 Å². The quantitative estimate of drug-likeness (QED) is 0.184. The molecule has 254 valence electrons. The molecule has 3 aromatic heterocycles. The second-order valence-corrected chi connectivity index (χ2v) is 14.0. The van der Waals surface area contributed by atoms with E-state index in [1.165, 1.54) is 32.6 Å². The average Bonchev–Trinajstić information content (AvgIpc) is 3.89. The van der Waals surface area contributed by atoms with E-state index in [1.54, 1.807) is 0 Å². The van der Waals surface area contributed by atoms with Crippen molar-refractivity contribution < 1.29 is 0 Å². The van der Waals surface area contributed by atoms with Crippen LogP contribution in [-0.4, -0.2) is 13.7 Å². The largest absolute Gasteiger partial charge is 0.309 e. The van der Waals surface area contributed by atoms with Gasteiger partial charge in [-0.3, -0.25) is 0 Å². The van der Waals surface area contributed by atoms with Gasteiger partial charge in [0.05, 0.1) is 62.1 Å². The van der Waals surface area contributed by atoms with Crippen LogP contribution in [0, 0.1) is 22.7 Å². The van der Waals surface area contributed by atoms with E-state index in [9.17, 15) is 10.5 Å². The zero-order valence-electron chi connectivity index (χ0n) is 29.5. The van der Waals surface area contributed by atoms with Crippen molar-refractivity contribution in [3.63, 3.8) is 0 Å². The molecule has 0 saturated heterocycles. The van der Waals surface area contributed by atoms with Crippen LogP contribution in [0.15, 0.2) is 176 Å². The Morgan fingerprint density at radius 1 is 0.364 bits per heavy atom. The number of hydrogen-bond donors (Lipinski definition) is 0. The van der Waals surface area contributed by atoms with Crippen molar-refractivity contribution >= 4 is 65.4 Å². The predicted molar refractivity (Wildman–Crippen MR) is 224 cm³/mol. The van der Waals surface area contributed by atoms with Crippen LogP contribution in [0.2, 0.25) is 0 Å². The molecule has 5 heteroatoms. The molecule has 0 aliphatic rings. The Morgan fingerprint density at radius 2 is 0.909 bits per heavy atom. The normalized spacial score (nSPS) is 11.6. The van der Waals surface area contributed by atoms with Crippen LogP contribution >= 0.6 is 0 Å². The van der Waals surface area contributed by atoms with Gasteiger partial charge in [0.1, 0.15) is 0 Å². The summed E-state index contributed by atoms with van der Waals surface area (Å²) in [6.07, 6.45) is 0. The highest BCUT2D eigenvalue weighted by molar-refractivity contribution is 6.16. The predicted octanol–water partition coefficient (Wildman–Crippen LogP) is 12.4. The van der Waals surface area contributed by atoms with Crippen molar-refractivity contribution in [3.05, 3.63) is 187 Å². The van der Waals surface area contributed by atoms with Gasteiger partial charge in [-0.05, 0) is 83.9 Å². The summed E-state index contributed by atoms with van der Waals surface area (Å²) in [5.74, 6) is 0. The summed E-state index contributed by atoms with van der Waals surface area (Å²) in [5, 5.41) is 27.3.